The molecule has 218 valence electrons. The quantitative estimate of drug-likeness (QED) is 0.234. The fraction of sp³-hybridized carbons (Fsp3) is 0.182. The minimum atomic E-state index is -1.08. The fourth-order valence-corrected chi connectivity index (χ4v) is 4.85. The minimum Gasteiger partial charge on any atom is -1.00 e. The summed E-state index contributed by atoms with van der Waals surface area (Å²) in [4.78, 5) is 29.2. The van der Waals surface area contributed by atoms with Crippen LogP contribution in [0.15, 0.2) is 79.1 Å². The van der Waals surface area contributed by atoms with E-state index in [2.05, 4.69) is 10.3 Å². The molecule has 0 saturated carbocycles. The van der Waals surface area contributed by atoms with E-state index in [9.17, 15) is 23.5 Å². The first-order valence-corrected chi connectivity index (χ1v) is 14.6. The zero-order valence-electron chi connectivity index (χ0n) is 25.1. The van der Waals surface area contributed by atoms with Crippen LogP contribution in [0.4, 0.5) is 8.78 Å². The number of thioether (sulfide) groups is 1. The molecule has 0 aliphatic heterocycles. The Hall–Kier alpha value is -3.50. The number of carboxylic acid groups (broad SMARTS) is 1. The number of aliphatic carboxylic acids is 1. The maximum Gasteiger partial charge on any atom is 1.00 e. The Kier molecular flexibility index (Phi) is 12.9. The maximum absolute atomic E-state index is 13.6. The van der Waals surface area contributed by atoms with E-state index in [1.54, 1.807) is 36.7 Å². The average Bonchev–Trinajstić information content (AvgIpc) is 2.97. The molecule has 0 aliphatic rings. The van der Waals surface area contributed by atoms with Crippen molar-refractivity contribution in [1.82, 2.24) is 10.3 Å². The third kappa shape index (κ3) is 9.49. The zero-order valence-corrected chi connectivity index (χ0v) is 27.0. The molecule has 4 rings (SSSR count). The number of carbonyl (C=O) groups is 2. The SMILES string of the molecule is CSCCC(NC(=O)c1ccc(C=Cc2cnccc2OCc2cc(F)cc(F)c2)cc1-c1ccccc1C)C(=O)O.[H-].[Na+]. The van der Waals surface area contributed by atoms with Crippen LogP contribution in [-0.2, 0) is 11.4 Å². The molecule has 3 aromatic carbocycles. The molecule has 1 atom stereocenters. The van der Waals surface area contributed by atoms with E-state index < -0.39 is 29.6 Å². The molecular formula is C33H31F2N2NaO4S. The fourth-order valence-electron chi connectivity index (χ4n) is 4.38. The molecule has 1 amide bonds. The minimum absolute atomic E-state index is 0. The van der Waals surface area contributed by atoms with Crippen molar-refractivity contribution in [3.8, 4) is 16.9 Å². The number of rotatable bonds is 12. The second kappa shape index (κ2) is 16.4. The number of nitrogens with zero attached hydrogens (tertiary/aromatic N) is 1. The van der Waals surface area contributed by atoms with Crippen LogP contribution in [0.1, 0.15) is 40.5 Å². The summed E-state index contributed by atoms with van der Waals surface area (Å²) >= 11 is 1.52. The van der Waals surface area contributed by atoms with Gasteiger partial charge in [-0.2, -0.15) is 11.8 Å². The molecule has 43 heavy (non-hydrogen) atoms. The van der Waals surface area contributed by atoms with E-state index >= 15 is 0 Å². The van der Waals surface area contributed by atoms with Crippen molar-refractivity contribution < 1.29 is 59.2 Å². The van der Waals surface area contributed by atoms with Gasteiger partial charge in [0.1, 0.15) is 30.0 Å². The number of pyridine rings is 1. The number of hydrogen-bond donors (Lipinski definition) is 2. The Balaban J connectivity index is 0.00000337. The van der Waals surface area contributed by atoms with Gasteiger partial charge in [0, 0.05) is 29.6 Å². The van der Waals surface area contributed by atoms with Crippen LogP contribution in [-0.4, -0.2) is 40.0 Å². The van der Waals surface area contributed by atoms with E-state index in [1.807, 2.05) is 49.6 Å². The second-order valence-corrected chi connectivity index (χ2v) is 10.6. The van der Waals surface area contributed by atoms with Crippen molar-refractivity contribution in [2.24, 2.45) is 0 Å². The largest absolute Gasteiger partial charge is 1.00 e. The molecule has 0 bridgehead atoms. The molecule has 1 heterocycles. The number of ether oxygens (including phenoxy) is 1. The molecule has 2 N–H and O–H groups in total. The first-order chi connectivity index (χ1) is 20.2. The van der Waals surface area contributed by atoms with Crippen molar-refractivity contribution in [2.75, 3.05) is 12.0 Å². The normalized spacial score (nSPS) is 11.5. The number of benzene rings is 3. The summed E-state index contributed by atoms with van der Waals surface area (Å²) in [5, 5.41) is 12.3. The van der Waals surface area contributed by atoms with Crippen molar-refractivity contribution in [2.45, 2.75) is 26.0 Å². The smallest absolute Gasteiger partial charge is 1.00 e. The second-order valence-electron chi connectivity index (χ2n) is 9.58. The summed E-state index contributed by atoms with van der Waals surface area (Å²) < 4.78 is 33.0. The standard InChI is InChI=1S/C33H30F2N2O4S.Na.H/c1-21-5-3-4-6-27(21)29-17-22(8-10-28(29)32(38)37-30(33(39)40)12-14-42-2)7-9-24-19-36-13-11-31(24)41-20-23-15-25(34)18-26(35)16-23;;/h3-11,13,15-19,30H,12,14,20H2,1-2H3,(H,37,38)(H,39,40);;/q;+1;-1. The van der Waals surface area contributed by atoms with Crippen LogP contribution >= 0.6 is 11.8 Å². The Bertz CT molecular complexity index is 1600. The van der Waals surface area contributed by atoms with Gasteiger partial charge in [0.15, 0.2) is 0 Å². The first kappa shape index (κ1) is 34.0. The molecule has 6 nitrogen and oxygen atoms in total. The van der Waals surface area contributed by atoms with Crippen LogP contribution in [0.5, 0.6) is 5.75 Å². The predicted octanol–water partition coefficient (Wildman–Crippen LogP) is 4.14. The van der Waals surface area contributed by atoms with Crippen molar-refractivity contribution >= 4 is 35.8 Å². The van der Waals surface area contributed by atoms with E-state index in [1.165, 1.54) is 23.9 Å². The number of carboxylic acids is 1. The van der Waals surface area contributed by atoms with Gasteiger partial charge in [-0.3, -0.25) is 9.78 Å². The number of aromatic nitrogens is 1. The average molecular weight is 613 g/mol. The van der Waals surface area contributed by atoms with Crippen LogP contribution in [0.3, 0.4) is 0 Å². The van der Waals surface area contributed by atoms with Gasteiger partial charge in [-0.15, -0.1) is 0 Å². The summed E-state index contributed by atoms with van der Waals surface area (Å²) in [7, 11) is 0. The van der Waals surface area contributed by atoms with Gasteiger partial charge in [-0.05, 0) is 89.6 Å². The predicted molar refractivity (Wildman–Crippen MR) is 163 cm³/mol. The van der Waals surface area contributed by atoms with Crippen molar-refractivity contribution in [3.63, 3.8) is 0 Å². The summed E-state index contributed by atoms with van der Waals surface area (Å²) in [5.41, 5.74) is 4.62. The van der Waals surface area contributed by atoms with Gasteiger partial charge in [0.2, 0.25) is 0 Å². The monoisotopic (exact) mass is 612 g/mol. The summed E-state index contributed by atoms with van der Waals surface area (Å²) in [6.45, 7) is 1.91. The summed E-state index contributed by atoms with van der Waals surface area (Å²) in [5.74, 6) is -1.82. The van der Waals surface area contributed by atoms with Crippen LogP contribution < -0.4 is 39.6 Å². The van der Waals surface area contributed by atoms with Crippen molar-refractivity contribution in [3.05, 3.63) is 119 Å². The molecule has 0 saturated heterocycles. The summed E-state index contributed by atoms with van der Waals surface area (Å²) in [6, 6.07) is 16.9. The Morgan fingerprint density at radius 1 is 1.05 bits per heavy atom. The van der Waals surface area contributed by atoms with Crippen LogP contribution in [0.25, 0.3) is 23.3 Å². The Morgan fingerprint density at radius 3 is 2.49 bits per heavy atom. The number of amides is 1. The third-order valence-corrected chi connectivity index (χ3v) is 7.16. The van der Waals surface area contributed by atoms with E-state index in [0.29, 0.717) is 40.2 Å². The van der Waals surface area contributed by atoms with Crippen molar-refractivity contribution in [1.29, 1.82) is 0 Å². The van der Waals surface area contributed by atoms with Crippen LogP contribution in [0, 0.1) is 18.6 Å². The molecule has 0 fully saturated rings. The molecule has 0 radical (unpaired) electrons. The molecule has 0 aliphatic carbocycles. The Morgan fingerprint density at radius 2 is 1.79 bits per heavy atom. The number of hydrogen-bond acceptors (Lipinski definition) is 5. The molecule has 4 aromatic rings. The van der Waals surface area contributed by atoms with E-state index in [4.69, 9.17) is 4.74 Å². The van der Waals surface area contributed by atoms with Gasteiger partial charge in [-0.1, -0.05) is 36.4 Å². The van der Waals surface area contributed by atoms with Gasteiger partial charge in [-0.25, -0.2) is 13.6 Å². The van der Waals surface area contributed by atoms with Gasteiger partial charge in [0.25, 0.3) is 5.91 Å². The van der Waals surface area contributed by atoms with E-state index in [-0.39, 0.29) is 37.6 Å². The number of halogens is 2. The summed E-state index contributed by atoms with van der Waals surface area (Å²) in [6.07, 6.45) is 9.01. The molecule has 1 unspecified atom stereocenters. The van der Waals surface area contributed by atoms with Gasteiger partial charge >= 0.3 is 35.5 Å². The number of nitrogens with one attached hydrogen (secondary N) is 1. The molecule has 1 aromatic heterocycles. The molecule has 0 spiro atoms. The van der Waals surface area contributed by atoms with Crippen LogP contribution in [0.2, 0.25) is 0 Å². The Labute approximate surface area is 277 Å². The zero-order chi connectivity index (χ0) is 30.1. The number of carbonyl (C=O) groups excluding carboxylic acids is 1. The number of aryl methyl sites for hydroxylation is 1. The van der Waals surface area contributed by atoms with Gasteiger partial charge < -0.3 is 16.6 Å². The van der Waals surface area contributed by atoms with E-state index in [0.717, 1.165) is 22.8 Å². The molecule has 10 heteroatoms. The maximum atomic E-state index is 13.6. The molecular weight excluding hydrogens is 581 g/mol. The first-order valence-electron chi connectivity index (χ1n) is 13.2. The third-order valence-electron chi connectivity index (χ3n) is 6.52. The van der Waals surface area contributed by atoms with Gasteiger partial charge in [0.05, 0.1) is 0 Å². The topological polar surface area (TPSA) is 88.5 Å².